The molecule has 0 bridgehead atoms. The van der Waals surface area contributed by atoms with Crippen molar-refractivity contribution in [2.45, 2.75) is 6.42 Å². The molecule has 1 nitrogen and oxygen atoms in total. The van der Waals surface area contributed by atoms with E-state index in [-0.39, 0.29) is 0 Å². The molecule has 3 heteroatoms. The highest BCUT2D eigenvalue weighted by Crippen LogP contribution is 2.16. The van der Waals surface area contributed by atoms with E-state index in [1.54, 1.807) is 0 Å². The number of benzene rings is 2. The molecular formula is C17H16Cl2O. The van der Waals surface area contributed by atoms with Gasteiger partial charge in [-0.25, -0.2) is 0 Å². The molecule has 0 N–H and O–H groups in total. The molecule has 0 aromatic heterocycles. The molecule has 0 fully saturated rings. The zero-order valence-corrected chi connectivity index (χ0v) is 12.6. The largest absolute Gasteiger partial charge is 0.494 e. The Morgan fingerprint density at radius 1 is 0.950 bits per heavy atom. The second-order valence-corrected chi connectivity index (χ2v) is 5.16. The highest BCUT2D eigenvalue weighted by molar-refractivity contribution is 6.30. The average molecular weight is 307 g/mol. The zero-order chi connectivity index (χ0) is 14.2. The fourth-order valence-electron chi connectivity index (χ4n) is 1.72. The van der Waals surface area contributed by atoms with Crippen LogP contribution in [-0.2, 0) is 0 Å². The van der Waals surface area contributed by atoms with Crippen molar-refractivity contribution < 1.29 is 4.74 Å². The van der Waals surface area contributed by atoms with E-state index in [2.05, 4.69) is 0 Å². The van der Waals surface area contributed by atoms with Crippen LogP contribution in [0.1, 0.15) is 17.5 Å². The van der Waals surface area contributed by atoms with Crippen LogP contribution >= 0.6 is 23.2 Å². The van der Waals surface area contributed by atoms with Crippen LogP contribution in [0.5, 0.6) is 5.75 Å². The third-order valence-electron chi connectivity index (χ3n) is 2.74. The van der Waals surface area contributed by atoms with Crippen LogP contribution in [-0.4, -0.2) is 12.5 Å². The molecule has 2 aromatic rings. The van der Waals surface area contributed by atoms with Crippen molar-refractivity contribution in [1.82, 2.24) is 0 Å². The number of hydrogen-bond acceptors (Lipinski definition) is 1. The van der Waals surface area contributed by atoms with Crippen LogP contribution in [0.4, 0.5) is 0 Å². The maximum atomic E-state index is 5.95. The number of alkyl halides is 1. The Morgan fingerprint density at radius 3 is 2.40 bits per heavy atom. The summed E-state index contributed by atoms with van der Waals surface area (Å²) in [5.74, 6) is 1.50. The summed E-state index contributed by atoms with van der Waals surface area (Å²) in [6.45, 7) is 0.654. The molecule has 0 aliphatic rings. The second kappa shape index (κ2) is 7.98. The van der Waals surface area contributed by atoms with Crippen molar-refractivity contribution in [3.63, 3.8) is 0 Å². The van der Waals surface area contributed by atoms with Gasteiger partial charge in [-0.2, -0.15) is 0 Å². The fourth-order valence-corrected chi connectivity index (χ4v) is 2.03. The Kier molecular flexibility index (Phi) is 5.97. The third kappa shape index (κ3) is 4.92. The van der Waals surface area contributed by atoms with E-state index < -0.39 is 0 Å². The first kappa shape index (κ1) is 15.0. The van der Waals surface area contributed by atoms with Gasteiger partial charge >= 0.3 is 0 Å². The van der Waals surface area contributed by atoms with Gasteiger partial charge in [0.25, 0.3) is 0 Å². The van der Waals surface area contributed by atoms with Crippen LogP contribution in [0.3, 0.4) is 0 Å². The van der Waals surface area contributed by atoms with Crippen molar-refractivity contribution in [3.8, 4) is 5.75 Å². The van der Waals surface area contributed by atoms with E-state index in [1.165, 1.54) is 0 Å². The van der Waals surface area contributed by atoms with Crippen LogP contribution in [0.15, 0.2) is 48.5 Å². The maximum Gasteiger partial charge on any atom is 0.119 e. The summed E-state index contributed by atoms with van der Waals surface area (Å²) >= 11 is 11.6. The minimum Gasteiger partial charge on any atom is -0.494 e. The summed E-state index contributed by atoms with van der Waals surface area (Å²) in [6, 6.07) is 15.7. The molecule has 0 unspecified atom stereocenters. The van der Waals surface area contributed by atoms with Crippen molar-refractivity contribution in [2.24, 2.45) is 0 Å². The Labute approximate surface area is 129 Å². The number of ether oxygens (including phenoxy) is 1. The van der Waals surface area contributed by atoms with Gasteiger partial charge < -0.3 is 4.74 Å². The predicted molar refractivity (Wildman–Crippen MR) is 87.7 cm³/mol. The Morgan fingerprint density at radius 2 is 1.70 bits per heavy atom. The number of hydrogen-bond donors (Lipinski definition) is 0. The minimum atomic E-state index is 0.625. The molecule has 104 valence electrons. The Bertz CT molecular complexity index is 561. The molecule has 0 aliphatic carbocycles. The Hall–Kier alpha value is -1.44. The predicted octanol–water partition coefficient (Wildman–Crippen LogP) is 5.52. The quantitative estimate of drug-likeness (QED) is 0.388. The van der Waals surface area contributed by atoms with Crippen molar-refractivity contribution in [2.75, 3.05) is 12.5 Å². The van der Waals surface area contributed by atoms with Gasteiger partial charge in [-0.15, -0.1) is 11.6 Å². The van der Waals surface area contributed by atoms with Crippen LogP contribution < -0.4 is 4.74 Å². The van der Waals surface area contributed by atoms with E-state index >= 15 is 0 Å². The molecule has 0 aliphatic heterocycles. The average Bonchev–Trinajstić information content (AvgIpc) is 2.47. The van der Waals surface area contributed by atoms with E-state index in [4.69, 9.17) is 27.9 Å². The van der Waals surface area contributed by atoms with Crippen LogP contribution in [0.2, 0.25) is 5.02 Å². The fraction of sp³-hybridized carbons (Fsp3) is 0.176. The van der Waals surface area contributed by atoms with Gasteiger partial charge in [0.2, 0.25) is 0 Å². The van der Waals surface area contributed by atoms with Gasteiger partial charge in [-0.3, -0.25) is 0 Å². The first-order valence-corrected chi connectivity index (χ1v) is 7.41. The van der Waals surface area contributed by atoms with Gasteiger partial charge in [0.1, 0.15) is 5.75 Å². The van der Waals surface area contributed by atoms with Gasteiger partial charge in [-0.1, -0.05) is 48.0 Å². The summed E-state index contributed by atoms with van der Waals surface area (Å²) in [4.78, 5) is 0. The topological polar surface area (TPSA) is 9.23 Å². The van der Waals surface area contributed by atoms with Gasteiger partial charge in [0, 0.05) is 10.9 Å². The van der Waals surface area contributed by atoms with E-state index in [9.17, 15) is 0 Å². The molecule has 0 saturated heterocycles. The van der Waals surface area contributed by atoms with E-state index in [1.807, 2.05) is 60.7 Å². The molecule has 20 heavy (non-hydrogen) atoms. The van der Waals surface area contributed by atoms with Crippen LogP contribution in [0, 0.1) is 0 Å². The monoisotopic (exact) mass is 306 g/mol. The number of halogens is 2. The van der Waals surface area contributed by atoms with Crippen molar-refractivity contribution in [1.29, 1.82) is 0 Å². The first-order chi connectivity index (χ1) is 9.78. The standard InChI is InChI=1S/C17H16Cl2O/c18-11-2-12-20-17-9-7-14(8-10-17)5-6-15-3-1-4-16(19)13-15/h1,3-10,13H,2,11-12H2. The maximum absolute atomic E-state index is 5.95. The number of rotatable bonds is 6. The third-order valence-corrected chi connectivity index (χ3v) is 3.25. The molecule has 2 rings (SSSR count). The van der Waals surface area contributed by atoms with E-state index in [0.717, 1.165) is 28.3 Å². The highest BCUT2D eigenvalue weighted by Gasteiger charge is 1.94. The summed E-state index contributed by atoms with van der Waals surface area (Å²) < 4.78 is 5.55. The molecule has 0 spiro atoms. The molecule has 2 aromatic carbocycles. The lowest BCUT2D eigenvalue weighted by Gasteiger charge is -2.04. The smallest absolute Gasteiger partial charge is 0.119 e. The lowest BCUT2D eigenvalue weighted by molar-refractivity contribution is 0.318. The second-order valence-electron chi connectivity index (χ2n) is 4.35. The van der Waals surface area contributed by atoms with E-state index in [0.29, 0.717) is 12.5 Å². The lowest BCUT2D eigenvalue weighted by atomic mass is 10.1. The highest BCUT2D eigenvalue weighted by atomic mass is 35.5. The van der Waals surface area contributed by atoms with Crippen LogP contribution in [0.25, 0.3) is 12.2 Å². The SMILES string of the molecule is ClCCCOc1ccc(C=Cc2cccc(Cl)c2)cc1. The molecular weight excluding hydrogens is 291 g/mol. The van der Waals surface area contributed by atoms with Gasteiger partial charge in [-0.05, 0) is 41.8 Å². The summed E-state index contributed by atoms with van der Waals surface area (Å²) in [5.41, 5.74) is 2.20. The minimum absolute atomic E-state index is 0.625. The zero-order valence-electron chi connectivity index (χ0n) is 11.1. The summed E-state index contributed by atoms with van der Waals surface area (Å²) in [7, 11) is 0. The van der Waals surface area contributed by atoms with Crippen molar-refractivity contribution >= 4 is 35.4 Å². The molecule has 0 heterocycles. The molecule has 0 saturated carbocycles. The molecule has 0 amide bonds. The lowest BCUT2D eigenvalue weighted by Crippen LogP contribution is -1.97. The normalized spacial score (nSPS) is 10.9. The Balaban J connectivity index is 1.96. The van der Waals surface area contributed by atoms with Crippen molar-refractivity contribution in [3.05, 3.63) is 64.7 Å². The van der Waals surface area contributed by atoms with Gasteiger partial charge in [0.15, 0.2) is 0 Å². The summed E-state index contributed by atoms with van der Waals surface area (Å²) in [5, 5.41) is 0.746. The molecule has 0 radical (unpaired) electrons. The summed E-state index contributed by atoms with van der Waals surface area (Å²) in [6.07, 6.45) is 4.95. The van der Waals surface area contributed by atoms with Gasteiger partial charge in [0.05, 0.1) is 6.61 Å². The molecule has 0 atom stereocenters. The first-order valence-electron chi connectivity index (χ1n) is 6.50.